The van der Waals surface area contributed by atoms with E-state index < -0.39 is 6.04 Å². The molecule has 0 spiro atoms. The van der Waals surface area contributed by atoms with Gasteiger partial charge in [0.25, 0.3) is 11.8 Å². The van der Waals surface area contributed by atoms with E-state index in [0.717, 1.165) is 18.4 Å². The molecule has 1 aliphatic carbocycles. The van der Waals surface area contributed by atoms with Crippen LogP contribution in [0.2, 0.25) is 0 Å². The van der Waals surface area contributed by atoms with Crippen LogP contribution >= 0.6 is 0 Å². The first-order chi connectivity index (χ1) is 15.1. The molecule has 5 rings (SSSR count). The number of nitrogens with zero attached hydrogens (tertiary/aromatic N) is 2. The van der Waals surface area contributed by atoms with Gasteiger partial charge in [-0.1, -0.05) is 18.2 Å². The molecule has 160 valence electrons. The van der Waals surface area contributed by atoms with Gasteiger partial charge in [0.2, 0.25) is 0 Å². The Kier molecular flexibility index (Phi) is 5.17. The Balaban J connectivity index is 1.26. The number of nitrogens with one attached hydrogen (secondary N) is 2. The first kappa shape index (κ1) is 19.7. The minimum Gasteiger partial charge on any atom is -0.386 e. The summed E-state index contributed by atoms with van der Waals surface area (Å²) in [6.07, 6.45) is 1.86. The number of piperazine rings is 1. The van der Waals surface area contributed by atoms with Gasteiger partial charge >= 0.3 is 0 Å². The minimum atomic E-state index is -0.395. The summed E-state index contributed by atoms with van der Waals surface area (Å²) < 4.78 is 0. The van der Waals surface area contributed by atoms with Crippen LogP contribution in [0.15, 0.2) is 48.5 Å². The fourth-order valence-electron chi connectivity index (χ4n) is 4.10. The summed E-state index contributed by atoms with van der Waals surface area (Å²) in [4.78, 5) is 45.4. The van der Waals surface area contributed by atoms with E-state index in [2.05, 4.69) is 10.7 Å². The van der Waals surface area contributed by atoms with Gasteiger partial charge in [-0.3, -0.25) is 19.8 Å². The van der Waals surface area contributed by atoms with Gasteiger partial charge in [-0.2, -0.15) is 0 Å². The number of hydrogen-bond acceptors (Lipinski definition) is 6. The highest BCUT2D eigenvalue weighted by Crippen LogP contribution is 2.32. The monoisotopic (exact) mass is 420 g/mol. The van der Waals surface area contributed by atoms with E-state index in [9.17, 15) is 14.4 Å². The number of hydrogen-bond donors (Lipinski definition) is 2. The van der Waals surface area contributed by atoms with Crippen molar-refractivity contribution < 1.29 is 19.2 Å². The fourth-order valence-corrected chi connectivity index (χ4v) is 4.10. The number of Topliss-reactive ketones (excluding diaryl/α,β-unsaturated/α-hetero) is 1. The van der Waals surface area contributed by atoms with Crippen molar-refractivity contribution >= 4 is 17.6 Å². The van der Waals surface area contributed by atoms with Gasteiger partial charge in [-0.25, -0.2) is 0 Å². The van der Waals surface area contributed by atoms with Gasteiger partial charge < -0.3 is 15.1 Å². The molecule has 1 atom stereocenters. The molecule has 0 aromatic heterocycles. The molecule has 8 nitrogen and oxygen atoms in total. The SMILES string of the molecule is O=C1NN(Oc2ccc(C(=O)N3CCNCC3C(=O)C3CC3)cc2)Cc2ccccc21. The standard InChI is InChI=1S/C23H24N4O4/c28-21(15-5-6-15)20-13-24-11-12-26(20)23(30)16-7-9-18(10-8-16)31-27-14-17-3-1-2-4-19(17)22(29)25-27/h1-4,7-10,15,20,24H,5-6,11-14H2,(H,25,29). The van der Waals surface area contributed by atoms with Crippen molar-refractivity contribution in [2.75, 3.05) is 19.6 Å². The molecular formula is C23H24N4O4. The molecule has 3 aliphatic rings. The summed E-state index contributed by atoms with van der Waals surface area (Å²) in [5.74, 6) is 0.413. The Bertz CT molecular complexity index is 1020. The number of benzene rings is 2. The number of amides is 2. The topological polar surface area (TPSA) is 91.0 Å². The van der Waals surface area contributed by atoms with Gasteiger partial charge in [-0.15, -0.1) is 0 Å². The summed E-state index contributed by atoms with van der Waals surface area (Å²) in [6, 6.07) is 13.8. The van der Waals surface area contributed by atoms with Crippen molar-refractivity contribution in [1.29, 1.82) is 0 Å². The normalized spacial score (nSPS) is 21.2. The Morgan fingerprint density at radius 2 is 1.81 bits per heavy atom. The predicted molar refractivity (Wildman–Crippen MR) is 112 cm³/mol. The third-order valence-corrected chi connectivity index (χ3v) is 5.93. The molecule has 0 bridgehead atoms. The maximum atomic E-state index is 13.1. The Morgan fingerprint density at radius 3 is 2.58 bits per heavy atom. The lowest BCUT2D eigenvalue weighted by atomic mass is 10.0. The van der Waals surface area contributed by atoms with E-state index in [1.54, 1.807) is 35.2 Å². The van der Waals surface area contributed by atoms with Crippen molar-refractivity contribution in [1.82, 2.24) is 20.8 Å². The van der Waals surface area contributed by atoms with E-state index in [0.29, 0.717) is 43.1 Å². The van der Waals surface area contributed by atoms with Crippen LogP contribution in [0.25, 0.3) is 0 Å². The second kappa shape index (κ2) is 8.13. The maximum Gasteiger partial charge on any atom is 0.268 e. The number of carbonyl (C=O) groups excluding carboxylic acids is 3. The molecule has 31 heavy (non-hydrogen) atoms. The van der Waals surface area contributed by atoms with E-state index in [1.165, 1.54) is 5.17 Å². The summed E-state index contributed by atoms with van der Waals surface area (Å²) in [5.41, 5.74) is 4.72. The predicted octanol–water partition coefficient (Wildman–Crippen LogP) is 1.53. The smallest absolute Gasteiger partial charge is 0.268 e. The summed E-state index contributed by atoms with van der Waals surface area (Å²) in [7, 11) is 0. The second-order valence-corrected chi connectivity index (χ2v) is 8.15. The Hall–Kier alpha value is -3.23. The number of fused-ring (bicyclic) bond motifs is 1. The first-order valence-corrected chi connectivity index (χ1v) is 10.6. The van der Waals surface area contributed by atoms with Crippen molar-refractivity contribution in [2.45, 2.75) is 25.4 Å². The molecule has 2 fully saturated rings. The van der Waals surface area contributed by atoms with Gasteiger partial charge in [0, 0.05) is 36.7 Å². The molecular weight excluding hydrogens is 396 g/mol. The summed E-state index contributed by atoms with van der Waals surface area (Å²) >= 11 is 0. The molecule has 2 heterocycles. The van der Waals surface area contributed by atoms with E-state index in [1.807, 2.05) is 18.2 Å². The third-order valence-electron chi connectivity index (χ3n) is 5.93. The van der Waals surface area contributed by atoms with E-state index in [-0.39, 0.29) is 23.5 Å². The van der Waals surface area contributed by atoms with Crippen LogP contribution in [0, 0.1) is 5.92 Å². The van der Waals surface area contributed by atoms with E-state index >= 15 is 0 Å². The molecule has 2 amide bonds. The van der Waals surface area contributed by atoms with Crippen LogP contribution in [0.3, 0.4) is 0 Å². The zero-order chi connectivity index (χ0) is 21.4. The lowest BCUT2D eigenvalue weighted by Crippen LogP contribution is -2.57. The average Bonchev–Trinajstić information content (AvgIpc) is 3.64. The van der Waals surface area contributed by atoms with Crippen molar-refractivity contribution in [3.8, 4) is 5.75 Å². The zero-order valence-electron chi connectivity index (χ0n) is 17.0. The van der Waals surface area contributed by atoms with Gasteiger partial charge in [0.1, 0.15) is 11.8 Å². The van der Waals surface area contributed by atoms with Crippen LogP contribution < -0.4 is 15.6 Å². The summed E-state index contributed by atoms with van der Waals surface area (Å²) in [6.45, 7) is 2.11. The van der Waals surface area contributed by atoms with E-state index in [4.69, 9.17) is 4.84 Å². The fraction of sp³-hybridized carbons (Fsp3) is 0.348. The molecule has 1 unspecified atom stereocenters. The number of rotatable bonds is 5. The Labute approximate surface area is 180 Å². The quantitative estimate of drug-likeness (QED) is 0.763. The number of ketones is 1. The van der Waals surface area contributed by atoms with Gasteiger partial charge in [0.15, 0.2) is 5.78 Å². The molecule has 8 heteroatoms. The van der Waals surface area contributed by atoms with Crippen LogP contribution in [-0.4, -0.2) is 53.3 Å². The minimum absolute atomic E-state index is 0.112. The molecule has 2 aliphatic heterocycles. The first-order valence-electron chi connectivity index (χ1n) is 10.6. The second-order valence-electron chi connectivity index (χ2n) is 8.15. The average molecular weight is 420 g/mol. The number of hydrazine groups is 1. The lowest BCUT2D eigenvalue weighted by molar-refractivity contribution is -0.125. The molecule has 1 saturated carbocycles. The van der Waals surface area contributed by atoms with Crippen LogP contribution in [-0.2, 0) is 11.3 Å². The highest BCUT2D eigenvalue weighted by molar-refractivity contribution is 5.99. The highest BCUT2D eigenvalue weighted by atomic mass is 16.7. The number of hydroxylamine groups is 1. The van der Waals surface area contributed by atoms with Crippen molar-refractivity contribution in [3.05, 3.63) is 65.2 Å². The third kappa shape index (κ3) is 4.04. The van der Waals surface area contributed by atoms with Crippen LogP contribution in [0.5, 0.6) is 5.75 Å². The van der Waals surface area contributed by atoms with Gasteiger partial charge in [0.05, 0.1) is 6.54 Å². The zero-order valence-corrected chi connectivity index (χ0v) is 17.0. The maximum absolute atomic E-state index is 13.1. The highest BCUT2D eigenvalue weighted by Gasteiger charge is 2.40. The molecule has 2 aromatic carbocycles. The van der Waals surface area contributed by atoms with Crippen LogP contribution in [0.4, 0.5) is 0 Å². The summed E-state index contributed by atoms with van der Waals surface area (Å²) in [5, 5.41) is 4.60. The van der Waals surface area contributed by atoms with Crippen molar-refractivity contribution in [3.63, 3.8) is 0 Å². The molecule has 2 N–H and O–H groups in total. The molecule has 0 radical (unpaired) electrons. The lowest BCUT2D eigenvalue weighted by Gasteiger charge is -2.35. The van der Waals surface area contributed by atoms with Crippen LogP contribution in [0.1, 0.15) is 39.1 Å². The molecule has 2 aromatic rings. The molecule has 1 saturated heterocycles. The number of carbonyl (C=O) groups is 3. The van der Waals surface area contributed by atoms with Gasteiger partial charge in [-0.05, 0) is 53.9 Å². The Morgan fingerprint density at radius 1 is 1.03 bits per heavy atom. The van der Waals surface area contributed by atoms with Crippen molar-refractivity contribution in [2.24, 2.45) is 5.92 Å². The largest absolute Gasteiger partial charge is 0.386 e.